The van der Waals surface area contributed by atoms with Gasteiger partial charge in [0.2, 0.25) is 0 Å². The molecule has 0 aromatic heterocycles. The summed E-state index contributed by atoms with van der Waals surface area (Å²) in [6, 6.07) is 23.6. The molecule has 1 amide bonds. The summed E-state index contributed by atoms with van der Waals surface area (Å²) >= 11 is 7.84. The Morgan fingerprint density at radius 3 is 2.45 bits per heavy atom. The molecule has 3 aromatic carbocycles. The monoisotopic (exact) mass is 425 g/mol. The van der Waals surface area contributed by atoms with E-state index in [1.165, 1.54) is 10.5 Å². The SMILES string of the molecule is CC[C@H](Oc1ccc(Cl)c(C)c1)C(=O)Nc1ccc(CSc2ccccc2)cc1. The third kappa shape index (κ3) is 6.28. The van der Waals surface area contributed by atoms with Crippen LogP contribution in [-0.4, -0.2) is 12.0 Å². The maximum atomic E-state index is 12.6. The Labute approximate surface area is 181 Å². The van der Waals surface area contributed by atoms with Gasteiger partial charge in [-0.2, -0.15) is 0 Å². The van der Waals surface area contributed by atoms with Gasteiger partial charge in [0.1, 0.15) is 5.75 Å². The van der Waals surface area contributed by atoms with Crippen molar-refractivity contribution in [3.63, 3.8) is 0 Å². The molecule has 0 fully saturated rings. The molecule has 3 rings (SSSR count). The Morgan fingerprint density at radius 2 is 1.79 bits per heavy atom. The molecule has 5 heteroatoms. The van der Waals surface area contributed by atoms with Crippen LogP contribution in [0.4, 0.5) is 5.69 Å². The molecule has 0 aliphatic carbocycles. The summed E-state index contributed by atoms with van der Waals surface area (Å²) in [6.45, 7) is 3.84. The zero-order valence-electron chi connectivity index (χ0n) is 16.5. The van der Waals surface area contributed by atoms with Gasteiger partial charge in [-0.05, 0) is 66.9 Å². The maximum absolute atomic E-state index is 12.6. The number of carbonyl (C=O) groups is 1. The van der Waals surface area contributed by atoms with Crippen molar-refractivity contribution in [1.29, 1.82) is 0 Å². The zero-order valence-corrected chi connectivity index (χ0v) is 18.1. The van der Waals surface area contributed by atoms with Crippen LogP contribution in [-0.2, 0) is 10.5 Å². The van der Waals surface area contributed by atoms with Crippen LogP contribution >= 0.6 is 23.4 Å². The molecule has 29 heavy (non-hydrogen) atoms. The topological polar surface area (TPSA) is 38.3 Å². The van der Waals surface area contributed by atoms with E-state index in [2.05, 4.69) is 17.4 Å². The largest absolute Gasteiger partial charge is 0.481 e. The lowest BCUT2D eigenvalue weighted by Gasteiger charge is -2.18. The lowest BCUT2D eigenvalue weighted by atomic mass is 10.2. The van der Waals surface area contributed by atoms with Crippen molar-refractivity contribution in [2.75, 3.05) is 5.32 Å². The number of aryl methyl sites for hydroxylation is 1. The van der Waals surface area contributed by atoms with Crippen LogP contribution in [0, 0.1) is 6.92 Å². The number of carbonyl (C=O) groups excluding carboxylic acids is 1. The van der Waals surface area contributed by atoms with Crippen molar-refractivity contribution >= 4 is 35.0 Å². The molecule has 3 nitrogen and oxygen atoms in total. The molecule has 0 radical (unpaired) electrons. The molecule has 0 aliphatic rings. The molecule has 0 heterocycles. The summed E-state index contributed by atoms with van der Waals surface area (Å²) < 4.78 is 5.87. The molecule has 0 spiro atoms. The van der Waals surface area contributed by atoms with Crippen molar-refractivity contribution in [1.82, 2.24) is 0 Å². The minimum Gasteiger partial charge on any atom is -0.481 e. The normalized spacial score (nSPS) is 11.7. The lowest BCUT2D eigenvalue weighted by molar-refractivity contribution is -0.122. The Kier molecular flexibility index (Phi) is 7.62. The van der Waals surface area contributed by atoms with Crippen LogP contribution in [0.2, 0.25) is 5.02 Å². The first-order valence-electron chi connectivity index (χ1n) is 9.55. The fourth-order valence-corrected chi connectivity index (χ4v) is 3.76. The number of rotatable bonds is 8. The number of hydrogen-bond acceptors (Lipinski definition) is 3. The highest BCUT2D eigenvalue weighted by atomic mass is 35.5. The maximum Gasteiger partial charge on any atom is 0.265 e. The second-order valence-corrected chi connectivity index (χ2v) is 8.17. The van der Waals surface area contributed by atoms with Crippen molar-refractivity contribution in [3.05, 3.63) is 88.9 Å². The molecule has 150 valence electrons. The fraction of sp³-hybridized carbons (Fsp3) is 0.208. The summed E-state index contributed by atoms with van der Waals surface area (Å²) in [5, 5.41) is 3.62. The van der Waals surface area contributed by atoms with Crippen LogP contribution < -0.4 is 10.1 Å². The minimum atomic E-state index is -0.566. The molecular weight excluding hydrogens is 402 g/mol. The first-order valence-corrected chi connectivity index (χ1v) is 10.9. The molecule has 3 aromatic rings. The molecule has 0 unspecified atom stereocenters. The smallest absolute Gasteiger partial charge is 0.265 e. The lowest BCUT2D eigenvalue weighted by Crippen LogP contribution is -2.32. The van der Waals surface area contributed by atoms with Gasteiger partial charge < -0.3 is 10.1 Å². The van der Waals surface area contributed by atoms with Crippen LogP contribution in [0.1, 0.15) is 24.5 Å². The van der Waals surface area contributed by atoms with Crippen molar-refractivity contribution in [2.45, 2.75) is 37.0 Å². The highest BCUT2D eigenvalue weighted by molar-refractivity contribution is 7.98. The van der Waals surface area contributed by atoms with Crippen LogP contribution in [0.5, 0.6) is 5.75 Å². The Balaban J connectivity index is 1.56. The number of thioether (sulfide) groups is 1. The van der Waals surface area contributed by atoms with E-state index < -0.39 is 6.10 Å². The number of ether oxygens (including phenoxy) is 1. The Bertz CT molecular complexity index is 945. The number of halogens is 1. The minimum absolute atomic E-state index is 0.161. The van der Waals surface area contributed by atoms with E-state index in [-0.39, 0.29) is 5.91 Å². The second-order valence-electron chi connectivity index (χ2n) is 6.71. The van der Waals surface area contributed by atoms with Gasteiger partial charge in [-0.1, -0.05) is 48.9 Å². The van der Waals surface area contributed by atoms with Crippen LogP contribution in [0.25, 0.3) is 0 Å². The van der Waals surface area contributed by atoms with E-state index in [4.69, 9.17) is 16.3 Å². The van der Waals surface area contributed by atoms with Gasteiger partial charge in [0.05, 0.1) is 0 Å². The van der Waals surface area contributed by atoms with Crippen molar-refractivity contribution in [2.24, 2.45) is 0 Å². The molecule has 0 saturated heterocycles. The van der Waals surface area contributed by atoms with E-state index >= 15 is 0 Å². The standard InChI is InChI=1S/C24H24ClNO2S/c1-3-23(28-20-13-14-22(25)17(2)15-20)24(27)26-19-11-9-18(10-12-19)16-29-21-7-5-4-6-8-21/h4-15,23H,3,16H2,1-2H3,(H,26,27)/t23-/m0/s1. The van der Waals surface area contributed by atoms with Gasteiger partial charge in [0.15, 0.2) is 6.10 Å². The van der Waals surface area contributed by atoms with Gasteiger partial charge in [0, 0.05) is 21.4 Å². The van der Waals surface area contributed by atoms with Gasteiger partial charge in [-0.25, -0.2) is 0 Å². The first kappa shape index (κ1) is 21.3. The molecule has 0 aliphatic heterocycles. The number of hydrogen-bond donors (Lipinski definition) is 1. The summed E-state index contributed by atoms with van der Waals surface area (Å²) in [7, 11) is 0. The number of benzene rings is 3. The average Bonchev–Trinajstić information content (AvgIpc) is 2.74. The van der Waals surface area contributed by atoms with Gasteiger partial charge in [0.25, 0.3) is 5.91 Å². The molecule has 1 N–H and O–H groups in total. The predicted octanol–water partition coefficient (Wildman–Crippen LogP) is 6.74. The molecule has 1 atom stereocenters. The van der Waals surface area contributed by atoms with Gasteiger partial charge in [-0.15, -0.1) is 11.8 Å². The van der Waals surface area contributed by atoms with E-state index in [1.54, 1.807) is 23.9 Å². The predicted molar refractivity (Wildman–Crippen MR) is 122 cm³/mol. The Hall–Kier alpha value is -2.43. The highest BCUT2D eigenvalue weighted by Gasteiger charge is 2.19. The molecule has 0 saturated carbocycles. The summed E-state index contributed by atoms with van der Waals surface area (Å²) in [5.41, 5.74) is 2.89. The number of amides is 1. The van der Waals surface area contributed by atoms with Gasteiger partial charge >= 0.3 is 0 Å². The van der Waals surface area contributed by atoms with E-state index in [0.717, 1.165) is 17.0 Å². The average molecular weight is 426 g/mol. The zero-order chi connectivity index (χ0) is 20.6. The fourth-order valence-electron chi connectivity index (χ4n) is 2.77. The Morgan fingerprint density at radius 1 is 1.07 bits per heavy atom. The third-order valence-electron chi connectivity index (χ3n) is 4.44. The first-order chi connectivity index (χ1) is 14.0. The summed E-state index contributed by atoms with van der Waals surface area (Å²) in [6.07, 6.45) is 0.00291. The highest BCUT2D eigenvalue weighted by Crippen LogP contribution is 2.24. The second kappa shape index (κ2) is 10.4. The van der Waals surface area contributed by atoms with Crippen LogP contribution in [0.15, 0.2) is 77.7 Å². The number of anilines is 1. The molecular formula is C24H24ClNO2S. The van der Waals surface area contributed by atoms with Crippen molar-refractivity contribution in [3.8, 4) is 5.75 Å². The third-order valence-corrected chi connectivity index (χ3v) is 5.95. The number of nitrogens with one attached hydrogen (secondary N) is 1. The molecule has 0 bridgehead atoms. The van der Waals surface area contributed by atoms with E-state index in [1.807, 2.05) is 62.4 Å². The van der Waals surface area contributed by atoms with E-state index in [9.17, 15) is 4.79 Å². The summed E-state index contributed by atoms with van der Waals surface area (Å²) in [4.78, 5) is 13.9. The van der Waals surface area contributed by atoms with E-state index in [0.29, 0.717) is 17.2 Å². The van der Waals surface area contributed by atoms with Crippen LogP contribution in [0.3, 0.4) is 0 Å². The quantitative estimate of drug-likeness (QED) is 0.406. The summed E-state index contributed by atoms with van der Waals surface area (Å²) in [5.74, 6) is 1.36. The van der Waals surface area contributed by atoms with Crippen molar-refractivity contribution < 1.29 is 9.53 Å². The van der Waals surface area contributed by atoms with Gasteiger partial charge in [-0.3, -0.25) is 4.79 Å².